The van der Waals surface area contributed by atoms with Gasteiger partial charge in [-0.15, -0.1) is 0 Å². The van der Waals surface area contributed by atoms with Crippen LogP contribution in [0.2, 0.25) is 0 Å². The van der Waals surface area contributed by atoms with E-state index in [0.29, 0.717) is 25.4 Å². The van der Waals surface area contributed by atoms with Crippen molar-refractivity contribution in [1.29, 1.82) is 0 Å². The van der Waals surface area contributed by atoms with Gasteiger partial charge in [0.15, 0.2) is 11.5 Å². The Morgan fingerprint density at radius 3 is 3.08 bits per heavy atom. The maximum Gasteiger partial charge on any atom is 0.199 e. The second-order valence-electron chi connectivity index (χ2n) is 2.99. The van der Waals surface area contributed by atoms with Crippen LogP contribution in [0, 0.1) is 0 Å². The molecule has 0 aliphatic carbocycles. The van der Waals surface area contributed by atoms with Crippen molar-refractivity contribution in [2.45, 2.75) is 26.2 Å². The van der Waals surface area contributed by atoms with E-state index in [1.54, 1.807) is 0 Å². The van der Waals surface area contributed by atoms with Crippen LogP contribution in [-0.2, 0) is 14.3 Å². The summed E-state index contributed by atoms with van der Waals surface area (Å²) in [5, 5.41) is 0. The van der Waals surface area contributed by atoms with Gasteiger partial charge in [-0.05, 0) is 12.5 Å². The van der Waals surface area contributed by atoms with Gasteiger partial charge in [0.2, 0.25) is 0 Å². The first-order chi connectivity index (χ1) is 6.34. The van der Waals surface area contributed by atoms with Crippen molar-refractivity contribution in [2.75, 3.05) is 19.8 Å². The molecule has 0 aromatic carbocycles. The van der Waals surface area contributed by atoms with Gasteiger partial charge in [-0.3, -0.25) is 4.79 Å². The number of Topliss-reactive ketones (excluding diaryl/α,β-unsaturated/α-hetero) is 1. The number of carbonyl (C=O) groups excluding carboxylic acids is 1. The molecular formula is C10H16O3. The molecule has 0 bridgehead atoms. The predicted octanol–water partition coefficient (Wildman–Crippen LogP) is 1.68. The lowest BCUT2D eigenvalue weighted by Gasteiger charge is -2.03. The van der Waals surface area contributed by atoms with Gasteiger partial charge < -0.3 is 9.47 Å². The molecule has 0 saturated heterocycles. The van der Waals surface area contributed by atoms with Gasteiger partial charge in [-0.2, -0.15) is 0 Å². The highest BCUT2D eigenvalue weighted by atomic mass is 16.5. The zero-order valence-corrected chi connectivity index (χ0v) is 8.04. The summed E-state index contributed by atoms with van der Waals surface area (Å²) >= 11 is 0. The van der Waals surface area contributed by atoms with E-state index in [1.807, 2.05) is 13.0 Å². The Hall–Kier alpha value is -0.830. The average Bonchev–Trinajstić information content (AvgIpc) is 2.65. The Labute approximate surface area is 78.7 Å². The van der Waals surface area contributed by atoms with Crippen LogP contribution in [0.15, 0.2) is 11.8 Å². The van der Waals surface area contributed by atoms with Crippen LogP contribution in [-0.4, -0.2) is 25.6 Å². The monoisotopic (exact) mass is 184 g/mol. The minimum atomic E-state index is 0.0635. The summed E-state index contributed by atoms with van der Waals surface area (Å²) in [5.74, 6) is 0.591. The van der Waals surface area contributed by atoms with E-state index in [4.69, 9.17) is 9.47 Å². The molecule has 13 heavy (non-hydrogen) atoms. The summed E-state index contributed by atoms with van der Waals surface area (Å²) in [7, 11) is 0. The van der Waals surface area contributed by atoms with E-state index in [0.717, 1.165) is 19.4 Å². The zero-order chi connectivity index (χ0) is 9.52. The van der Waals surface area contributed by atoms with Gasteiger partial charge in [0.1, 0.15) is 0 Å². The lowest BCUT2D eigenvalue weighted by Crippen LogP contribution is -2.07. The first-order valence-electron chi connectivity index (χ1n) is 4.78. The van der Waals surface area contributed by atoms with Gasteiger partial charge >= 0.3 is 0 Å². The van der Waals surface area contributed by atoms with Crippen molar-refractivity contribution < 1.29 is 14.3 Å². The molecule has 3 nitrogen and oxygen atoms in total. The summed E-state index contributed by atoms with van der Waals surface area (Å²) in [5.41, 5.74) is 0. The third kappa shape index (κ3) is 3.59. The van der Waals surface area contributed by atoms with Gasteiger partial charge in [0.05, 0.1) is 13.2 Å². The molecule has 0 saturated carbocycles. The van der Waals surface area contributed by atoms with Crippen molar-refractivity contribution in [3.63, 3.8) is 0 Å². The second kappa shape index (κ2) is 5.75. The van der Waals surface area contributed by atoms with E-state index in [1.165, 1.54) is 0 Å². The number of hydrogen-bond donors (Lipinski definition) is 0. The van der Waals surface area contributed by atoms with Crippen LogP contribution in [0.5, 0.6) is 0 Å². The standard InChI is InChI=1S/C10H16O3/c1-2-6-12-8-5-9(11)10-4-3-7-13-10/h4H,2-3,5-8H2,1H3. The number of carbonyl (C=O) groups is 1. The molecule has 1 rings (SSSR count). The lowest BCUT2D eigenvalue weighted by atomic mass is 10.2. The molecule has 0 aromatic rings. The number of ether oxygens (including phenoxy) is 2. The highest BCUT2D eigenvalue weighted by Crippen LogP contribution is 2.11. The Morgan fingerprint density at radius 2 is 2.46 bits per heavy atom. The first kappa shape index (κ1) is 10.3. The predicted molar refractivity (Wildman–Crippen MR) is 49.4 cm³/mol. The van der Waals surface area contributed by atoms with Gasteiger partial charge in [0, 0.05) is 19.4 Å². The molecule has 0 atom stereocenters. The third-order valence-electron chi connectivity index (χ3n) is 1.80. The SMILES string of the molecule is CCCOCCC(=O)C1=CCCO1. The summed E-state index contributed by atoms with van der Waals surface area (Å²) in [6.07, 6.45) is 4.14. The number of hydrogen-bond acceptors (Lipinski definition) is 3. The fourth-order valence-electron chi connectivity index (χ4n) is 1.15. The van der Waals surface area contributed by atoms with Crippen LogP contribution in [0.25, 0.3) is 0 Å². The van der Waals surface area contributed by atoms with Gasteiger partial charge in [-0.1, -0.05) is 6.92 Å². The molecule has 0 spiro atoms. The van der Waals surface area contributed by atoms with E-state index >= 15 is 0 Å². The Kier molecular flexibility index (Phi) is 4.54. The molecule has 0 N–H and O–H groups in total. The smallest absolute Gasteiger partial charge is 0.199 e. The summed E-state index contributed by atoms with van der Waals surface area (Å²) in [4.78, 5) is 11.3. The normalized spacial score (nSPS) is 15.3. The molecule has 0 radical (unpaired) electrons. The van der Waals surface area contributed by atoms with Gasteiger partial charge in [-0.25, -0.2) is 0 Å². The van der Waals surface area contributed by atoms with E-state index in [9.17, 15) is 4.79 Å². The Morgan fingerprint density at radius 1 is 1.62 bits per heavy atom. The average molecular weight is 184 g/mol. The maximum atomic E-state index is 11.3. The van der Waals surface area contributed by atoms with E-state index < -0.39 is 0 Å². The molecule has 1 heterocycles. The van der Waals surface area contributed by atoms with E-state index in [-0.39, 0.29) is 5.78 Å². The molecule has 1 aliphatic rings. The number of allylic oxidation sites excluding steroid dienone is 1. The van der Waals surface area contributed by atoms with Gasteiger partial charge in [0.25, 0.3) is 0 Å². The zero-order valence-electron chi connectivity index (χ0n) is 8.04. The first-order valence-corrected chi connectivity index (χ1v) is 4.78. The van der Waals surface area contributed by atoms with Crippen molar-refractivity contribution in [1.82, 2.24) is 0 Å². The topological polar surface area (TPSA) is 35.5 Å². The second-order valence-corrected chi connectivity index (χ2v) is 2.99. The van der Waals surface area contributed by atoms with Crippen LogP contribution < -0.4 is 0 Å². The summed E-state index contributed by atoms with van der Waals surface area (Å²) in [6, 6.07) is 0. The van der Waals surface area contributed by atoms with Crippen LogP contribution in [0.3, 0.4) is 0 Å². The number of rotatable bonds is 6. The highest BCUT2D eigenvalue weighted by Gasteiger charge is 2.13. The van der Waals surface area contributed by atoms with Crippen molar-refractivity contribution in [3.8, 4) is 0 Å². The Bertz CT molecular complexity index is 196. The minimum absolute atomic E-state index is 0.0635. The lowest BCUT2D eigenvalue weighted by molar-refractivity contribution is -0.119. The fourth-order valence-corrected chi connectivity index (χ4v) is 1.15. The number of ketones is 1. The maximum absolute atomic E-state index is 11.3. The Balaban J connectivity index is 2.10. The van der Waals surface area contributed by atoms with E-state index in [2.05, 4.69) is 0 Å². The molecule has 1 aliphatic heterocycles. The molecular weight excluding hydrogens is 168 g/mol. The minimum Gasteiger partial charge on any atom is -0.490 e. The largest absolute Gasteiger partial charge is 0.490 e. The molecule has 0 fully saturated rings. The molecule has 0 amide bonds. The highest BCUT2D eigenvalue weighted by molar-refractivity contribution is 5.93. The molecule has 0 unspecified atom stereocenters. The third-order valence-corrected chi connectivity index (χ3v) is 1.80. The van der Waals surface area contributed by atoms with Crippen molar-refractivity contribution in [2.24, 2.45) is 0 Å². The van der Waals surface area contributed by atoms with Crippen molar-refractivity contribution in [3.05, 3.63) is 11.8 Å². The summed E-state index contributed by atoms with van der Waals surface area (Å²) in [6.45, 7) is 3.93. The molecule has 3 heteroatoms. The van der Waals surface area contributed by atoms with Crippen molar-refractivity contribution >= 4 is 5.78 Å². The fraction of sp³-hybridized carbons (Fsp3) is 0.700. The molecule has 74 valence electrons. The quantitative estimate of drug-likeness (QED) is 0.589. The molecule has 0 aromatic heterocycles. The summed E-state index contributed by atoms with van der Waals surface area (Å²) < 4.78 is 10.3. The van der Waals surface area contributed by atoms with Crippen LogP contribution in [0.1, 0.15) is 26.2 Å². The van der Waals surface area contributed by atoms with Crippen LogP contribution in [0.4, 0.5) is 0 Å². The van der Waals surface area contributed by atoms with Crippen LogP contribution >= 0.6 is 0 Å².